The molecule has 23 heavy (non-hydrogen) atoms. The first kappa shape index (κ1) is 17.7. The minimum atomic E-state index is -0.495. The molecule has 1 aliphatic rings. The molecule has 2 atom stereocenters. The van der Waals surface area contributed by atoms with Gasteiger partial charge in [-0.15, -0.1) is 0 Å². The first-order valence-corrected chi connectivity index (χ1v) is 8.10. The zero-order valence-corrected chi connectivity index (χ0v) is 14.7. The number of alkyl carbamates (subject to hydrolysis) is 1. The van der Waals surface area contributed by atoms with Gasteiger partial charge in [0.05, 0.1) is 36.7 Å². The first-order chi connectivity index (χ1) is 10.7. The first-order valence-electron chi connectivity index (χ1n) is 8.10. The largest absolute Gasteiger partial charge is 0.444 e. The van der Waals surface area contributed by atoms with Crippen molar-refractivity contribution < 1.29 is 14.3 Å². The summed E-state index contributed by atoms with van der Waals surface area (Å²) in [6.07, 6.45) is -0.425. The number of ether oxygens (including phenoxy) is 2. The summed E-state index contributed by atoms with van der Waals surface area (Å²) in [6, 6.07) is 2.30. The SMILES string of the molecule is CC1CNCc2cc(COC[C@H](C)NC(=O)OC(C)(C)C)nn21. The van der Waals surface area contributed by atoms with E-state index >= 15 is 0 Å². The predicted molar refractivity (Wildman–Crippen MR) is 87.1 cm³/mol. The van der Waals surface area contributed by atoms with E-state index in [0.717, 1.165) is 18.8 Å². The molecule has 130 valence electrons. The highest BCUT2D eigenvalue weighted by Crippen LogP contribution is 2.16. The van der Waals surface area contributed by atoms with E-state index in [4.69, 9.17) is 9.47 Å². The van der Waals surface area contributed by atoms with Crippen molar-refractivity contribution in [2.75, 3.05) is 13.2 Å². The molecular weight excluding hydrogens is 296 g/mol. The number of carbonyl (C=O) groups excluding carboxylic acids is 1. The lowest BCUT2D eigenvalue weighted by molar-refractivity contribution is 0.0439. The third-order valence-corrected chi connectivity index (χ3v) is 3.41. The van der Waals surface area contributed by atoms with Crippen molar-refractivity contribution in [1.82, 2.24) is 20.4 Å². The second-order valence-corrected chi connectivity index (χ2v) is 7.11. The number of nitrogens with one attached hydrogen (secondary N) is 2. The van der Waals surface area contributed by atoms with E-state index in [0.29, 0.717) is 19.3 Å². The maximum absolute atomic E-state index is 11.7. The topological polar surface area (TPSA) is 77.4 Å². The summed E-state index contributed by atoms with van der Waals surface area (Å²) >= 11 is 0. The average Bonchev–Trinajstić information content (AvgIpc) is 2.80. The van der Waals surface area contributed by atoms with Gasteiger partial charge in [0, 0.05) is 13.1 Å². The van der Waals surface area contributed by atoms with Gasteiger partial charge in [0.15, 0.2) is 0 Å². The Morgan fingerprint density at radius 1 is 1.57 bits per heavy atom. The smallest absolute Gasteiger partial charge is 0.407 e. The fourth-order valence-electron chi connectivity index (χ4n) is 2.46. The molecule has 1 amide bonds. The predicted octanol–water partition coefficient (Wildman–Crippen LogP) is 1.98. The van der Waals surface area contributed by atoms with Gasteiger partial charge < -0.3 is 20.1 Å². The molecule has 0 saturated carbocycles. The molecule has 7 nitrogen and oxygen atoms in total. The van der Waals surface area contributed by atoms with E-state index in [1.165, 1.54) is 5.69 Å². The highest BCUT2D eigenvalue weighted by Gasteiger charge is 2.19. The van der Waals surface area contributed by atoms with E-state index in [1.807, 2.05) is 27.7 Å². The highest BCUT2D eigenvalue weighted by atomic mass is 16.6. The van der Waals surface area contributed by atoms with E-state index in [2.05, 4.69) is 33.4 Å². The number of hydrogen-bond donors (Lipinski definition) is 2. The van der Waals surface area contributed by atoms with Crippen molar-refractivity contribution >= 4 is 6.09 Å². The molecule has 0 bridgehead atoms. The molecule has 7 heteroatoms. The molecule has 2 heterocycles. The normalized spacial score (nSPS) is 19.1. The number of nitrogens with zero attached hydrogens (tertiary/aromatic N) is 2. The second kappa shape index (κ2) is 7.31. The van der Waals surface area contributed by atoms with Gasteiger partial charge >= 0.3 is 6.09 Å². The van der Waals surface area contributed by atoms with Gasteiger partial charge in [0.25, 0.3) is 0 Å². The van der Waals surface area contributed by atoms with Gasteiger partial charge in [-0.05, 0) is 40.7 Å². The quantitative estimate of drug-likeness (QED) is 0.866. The average molecular weight is 324 g/mol. The van der Waals surface area contributed by atoms with Crippen molar-refractivity contribution in [3.05, 3.63) is 17.5 Å². The Hall–Kier alpha value is -1.60. The lowest BCUT2D eigenvalue weighted by Crippen LogP contribution is -2.39. The summed E-state index contributed by atoms with van der Waals surface area (Å²) in [5.41, 5.74) is 1.60. The van der Waals surface area contributed by atoms with Crippen LogP contribution < -0.4 is 10.6 Å². The maximum Gasteiger partial charge on any atom is 0.407 e. The monoisotopic (exact) mass is 324 g/mol. The lowest BCUT2D eigenvalue weighted by atomic mass is 10.2. The molecule has 0 spiro atoms. The van der Waals surface area contributed by atoms with Gasteiger partial charge in [-0.3, -0.25) is 4.68 Å². The van der Waals surface area contributed by atoms with Crippen LogP contribution in [-0.4, -0.2) is 40.7 Å². The van der Waals surface area contributed by atoms with Gasteiger partial charge in [-0.1, -0.05) is 0 Å². The second-order valence-electron chi connectivity index (χ2n) is 7.11. The molecule has 0 saturated heterocycles. The minimum Gasteiger partial charge on any atom is -0.444 e. The Balaban J connectivity index is 1.73. The Morgan fingerprint density at radius 2 is 2.30 bits per heavy atom. The van der Waals surface area contributed by atoms with Crippen molar-refractivity contribution in [3.63, 3.8) is 0 Å². The molecule has 0 aromatic carbocycles. The molecule has 2 rings (SSSR count). The third kappa shape index (κ3) is 5.51. The van der Waals surface area contributed by atoms with Gasteiger partial charge in [-0.25, -0.2) is 4.79 Å². The number of hydrogen-bond acceptors (Lipinski definition) is 5. The number of carbonyl (C=O) groups is 1. The Labute approximate surface area is 137 Å². The van der Waals surface area contributed by atoms with E-state index in [9.17, 15) is 4.79 Å². The summed E-state index contributed by atoms with van der Waals surface area (Å²) < 4.78 is 12.9. The Kier molecular flexibility index (Phi) is 5.64. The van der Waals surface area contributed by atoms with Crippen LogP contribution in [0.2, 0.25) is 0 Å². The molecular formula is C16H28N4O3. The summed E-state index contributed by atoms with van der Waals surface area (Å²) in [5, 5.41) is 10.7. The molecule has 2 N–H and O–H groups in total. The van der Waals surface area contributed by atoms with Gasteiger partial charge in [-0.2, -0.15) is 5.10 Å². The summed E-state index contributed by atoms with van der Waals surface area (Å²) in [7, 11) is 0. The number of rotatable bonds is 5. The van der Waals surface area contributed by atoms with E-state index in [-0.39, 0.29) is 6.04 Å². The van der Waals surface area contributed by atoms with Crippen molar-refractivity contribution in [1.29, 1.82) is 0 Å². The summed E-state index contributed by atoms with van der Waals surface area (Å²) in [6.45, 7) is 12.2. The zero-order chi connectivity index (χ0) is 17.0. The van der Waals surface area contributed by atoms with E-state index < -0.39 is 11.7 Å². The number of amides is 1. The fourth-order valence-corrected chi connectivity index (χ4v) is 2.46. The Bertz CT molecular complexity index is 536. The highest BCUT2D eigenvalue weighted by molar-refractivity contribution is 5.68. The lowest BCUT2D eigenvalue weighted by Gasteiger charge is -2.22. The van der Waals surface area contributed by atoms with Crippen LogP contribution in [0.4, 0.5) is 4.79 Å². The van der Waals surface area contributed by atoms with Crippen LogP contribution in [0.1, 0.15) is 52.0 Å². The van der Waals surface area contributed by atoms with Crippen LogP contribution in [-0.2, 0) is 22.6 Å². The van der Waals surface area contributed by atoms with Crippen molar-refractivity contribution in [2.24, 2.45) is 0 Å². The van der Waals surface area contributed by atoms with Gasteiger partial charge in [0.2, 0.25) is 0 Å². The van der Waals surface area contributed by atoms with Crippen LogP contribution in [0.5, 0.6) is 0 Å². The standard InChI is InChI=1S/C16H28N4O3/c1-11(18-15(21)23-16(3,4)5)9-22-10-13-6-14-8-17-7-12(2)20(14)19-13/h6,11-12,17H,7-10H2,1-5H3,(H,18,21)/t11-,12?/m0/s1. The molecule has 1 unspecified atom stereocenters. The molecule has 0 fully saturated rings. The third-order valence-electron chi connectivity index (χ3n) is 3.41. The number of fused-ring (bicyclic) bond motifs is 1. The zero-order valence-electron chi connectivity index (χ0n) is 14.7. The van der Waals surface area contributed by atoms with Crippen LogP contribution in [0, 0.1) is 0 Å². The van der Waals surface area contributed by atoms with Crippen LogP contribution in [0.3, 0.4) is 0 Å². The van der Waals surface area contributed by atoms with Crippen LogP contribution in [0.15, 0.2) is 6.07 Å². The minimum absolute atomic E-state index is 0.123. The van der Waals surface area contributed by atoms with E-state index in [1.54, 1.807) is 0 Å². The summed E-state index contributed by atoms with van der Waals surface area (Å²) in [4.78, 5) is 11.7. The number of aromatic nitrogens is 2. The Morgan fingerprint density at radius 3 is 2.96 bits per heavy atom. The molecule has 0 radical (unpaired) electrons. The fraction of sp³-hybridized carbons (Fsp3) is 0.750. The maximum atomic E-state index is 11.7. The van der Waals surface area contributed by atoms with Gasteiger partial charge in [0.1, 0.15) is 5.60 Å². The molecule has 0 aliphatic carbocycles. The summed E-state index contributed by atoms with van der Waals surface area (Å²) in [5.74, 6) is 0. The van der Waals surface area contributed by atoms with Crippen LogP contribution in [0.25, 0.3) is 0 Å². The molecule has 1 aromatic rings. The molecule has 1 aliphatic heterocycles. The molecule has 1 aromatic heterocycles. The van der Waals surface area contributed by atoms with Crippen molar-refractivity contribution in [3.8, 4) is 0 Å². The van der Waals surface area contributed by atoms with Crippen LogP contribution >= 0.6 is 0 Å². The van der Waals surface area contributed by atoms with Crippen molar-refractivity contribution in [2.45, 2.75) is 65.5 Å².